The molecule has 0 aliphatic heterocycles. The fourth-order valence-electron chi connectivity index (χ4n) is 8.43. The highest BCUT2D eigenvalue weighted by atomic mass is 32.2. The van der Waals surface area contributed by atoms with Gasteiger partial charge in [0.1, 0.15) is 0 Å². The van der Waals surface area contributed by atoms with E-state index < -0.39 is 16.1 Å². The molecular formula is C43H40N2O4S. The molecule has 5 aromatic rings. The van der Waals surface area contributed by atoms with E-state index in [-0.39, 0.29) is 35.0 Å². The smallest absolute Gasteiger partial charge is 0.244 e. The molecule has 4 aliphatic rings. The Morgan fingerprint density at radius 2 is 1.10 bits per heavy atom. The van der Waals surface area contributed by atoms with Gasteiger partial charge in [0, 0.05) is 36.1 Å². The van der Waals surface area contributed by atoms with Crippen LogP contribution in [0, 0.1) is 6.92 Å². The minimum absolute atomic E-state index is 0.00554. The highest BCUT2D eigenvalue weighted by Gasteiger charge is 2.45. The first-order valence-electron chi connectivity index (χ1n) is 17.6. The Hall–Kier alpha value is -4.69. The third kappa shape index (κ3) is 5.83. The number of aryl methyl sites for hydroxylation is 3. The number of benzene rings is 5. The number of hydrogen-bond acceptors (Lipinski definition) is 5. The van der Waals surface area contributed by atoms with E-state index in [0.29, 0.717) is 18.0 Å². The lowest BCUT2D eigenvalue weighted by Gasteiger charge is -2.34. The molecule has 0 aromatic heterocycles. The number of fused-ring (bicyclic) bond motifs is 4. The van der Waals surface area contributed by atoms with Crippen molar-refractivity contribution in [2.24, 2.45) is 0 Å². The van der Waals surface area contributed by atoms with Gasteiger partial charge in [-0.15, -0.1) is 0 Å². The molecule has 0 saturated heterocycles. The zero-order chi connectivity index (χ0) is 34.4. The second kappa shape index (κ2) is 13.2. The van der Waals surface area contributed by atoms with Gasteiger partial charge in [0.05, 0.1) is 17.0 Å². The van der Waals surface area contributed by atoms with Gasteiger partial charge in [-0.25, -0.2) is 8.42 Å². The fraction of sp³-hybridized carbons (Fsp3) is 0.256. The van der Waals surface area contributed by atoms with E-state index in [1.54, 1.807) is 22.5 Å². The van der Waals surface area contributed by atoms with Crippen molar-refractivity contribution in [3.8, 4) is 0 Å². The monoisotopic (exact) mass is 680 g/mol. The molecule has 1 N–H and O–H groups in total. The van der Waals surface area contributed by atoms with Crippen LogP contribution in [0.4, 0.5) is 0 Å². The summed E-state index contributed by atoms with van der Waals surface area (Å²) in [5, 5.41) is 3.70. The molecule has 5 aromatic carbocycles. The summed E-state index contributed by atoms with van der Waals surface area (Å²) < 4.78 is 29.5. The molecule has 0 saturated carbocycles. The number of Topliss-reactive ketones (excluding diaryl/α,β-unsaturated/α-hetero) is 2. The molecule has 0 amide bonds. The van der Waals surface area contributed by atoms with Crippen molar-refractivity contribution >= 4 is 21.6 Å². The number of sulfonamides is 1. The molecule has 4 aliphatic carbocycles. The molecule has 7 heteroatoms. The predicted octanol–water partition coefficient (Wildman–Crippen LogP) is 8.59. The molecule has 4 atom stereocenters. The summed E-state index contributed by atoms with van der Waals surface area (Å²) >= 11 is 0. The van der Waals surface area contributed by atoms with Gasteiger partial charge in [0.25, 0.3) is 0 Å². The summed E-state index contributed by atoms with van der Waals surface area (Å²) in [5.41, 5.74) is 9.60. The van der Waals surface area contributed by atoms with Crippen LogP contribution in [0.2, 0.25) is 0 Å². The molecule has 0 heterocycles. The Kier molecular flexibility index (Phi) is 8.59. The summed E-state index contributed by atoms with van der Waals surface area (Å²) in [6.45, 7) is 1.94. The van der Waals surface area contributed by atoms with E-state index in [4.69, 9.17) is 0 Å². The maximum absolute atomic E-state index is 14.0. The molecule has 4 unspecified atom stereocenters. The third-order valence-corrected chi connectivity index (χ3v) is 12.8. The molecule has 9 rings (SSSR count). The second-order valence-electron chi connectivity index (χ2n) is 13.9. The SMILES string of the molecule is Cc1ccc(S(=O)(=O)N(C2CCc3ccccc32)C2CC(=O)c3ccccc32)cc1.O=C1CC(NC2CCc3ccccc32)c2ccccc21. The first-order valence-corrected chi connectivity index (χ1v) is 19.0. The number of rotatable bonds is 6. The molecular weight excluding hydrogens is 641 g/mol. The number of hydrogen-bond donors (Lipinski definition) is 1. The highest BCUT2D eigenvalue weighted by molar-refractivity contribution is 7.89. The lowest BCUT2D eigenvalue weighted by Crippen LogP contribution is -2.37. The van der Waals surface area contributed by atoms with Gasteiger partial charge in [-0.05, 0) is 78.1 Å². The van der Waals surface area contributed by atoms with Crippen LogP contribution >= 0.6 is 0 Å². The highest BCUT2D eigenvalue weighted by Crippen LogP contribution is 2.47. The normalized spacial score (nSPS) is 21.7. The number of carbonyl (C=O) groups excluding carboxylic acids is 2. The summed E-state index contributed by atoms with van der Waals surface area (Å²) in [6.07, 6.45) is 4.60. The van der Waals surface area contributed by atoms with Crippen LogP contribution in [0.25, 0.3) is 0 Å². The molecule has 252 valence electrons. The number of nitrogens with zero attached hydrogens (tertiary/aromatic N) is 1. The first-order chi connectivity index (χ1) is 24.3. The maximum Gasteiger partial charge on any atom is 0.244 e. The summed E-state index contributed by atoms with van der Waals surface area (Å²) in [4.78, 5) is 25.1. The Morgan fingerprint density at radius 3 is 1.82 bits per heavy atom. The van der Waals surface area contributed by atoms with Crippen molar-refractivity contribution in [2.45, 2.75) is 74.5 Å². The number of nitrogens with one attached hydrogen (secondary N) is 1. The largest absolute Gasteiger partial charge is 0.303 e. The molecule has 0 fully saturated rings. The lowest BCUT2D eigenvalue weighted by molar-refractivity contribution is 0.0965. The Morgan fingerprint density at radius 1 is 0.560 bits per heavy atom. The third-order valence-electron chi connectivity index (χ3n) is 10.9. The zero-order valence-corrected chi connectivity index (χ0v) is 28.9. The van der Waals surface area contributed by atoms with Gasteiger partial charge < -0.3 is 5.32 Å². The topological polar surface area (TPSA) is 83.6 Å². The van der Waals surface area contributed by atoms with Gasteiger partial charge in [0.15, 0.2) is 11.6 Å². The van der Waals surface area contributed by atoms with Gasteiger partial charge in [-0.1, -0.05) is 115 Å². The average molecular weight is 681 g/mol. The van der Waals surface area contributed by atoms with Crippen molar-refractivity contribution < 1.29 is 18.0 Å². The molecule has 50 heavy (non-hydrogen) atoms. The van der Waals surface area contributed by atoms with Crippen molar-refractivity contribution in [2.75, 3.05) is 0 Å². The van der Waals surface area contributed by atoms with E-state index in [9.17, 15) is 18.0 Å². The molecule has 0 spiro atoms. The van der Waals surface area contributed by atoms with Crippen LogP contribution in [0.5, 0.6) is 0 Å². The van der Waals surface area contributed by atoms with Crippen LogP contribution in [-0.4, -0.2) is 24.3 Å². The Balaban J connectivity index is 0.000000156. The minimum Gasteiger partial charge on any atom is -0.303 e. The van der Waals surface area contributed by atoms with Crippen molar-refractivity contribution in [3.05, 3.63) is 171 Å². The Bertz CT molecular complexity index is 2210. The van der Waals surface area contributed by atoms with Crippen LogP contribution in [0.15, 0.2) is 126 Å². The zero-order valence-electron chi connectivity index (χ0n) is 28.1. The fourth-order valence-corrected chi connectivity index (χ4v) is 10.2. The van der Waals surface area contributed by atoms with E-state index in [1.165, 1.54) is 22.3 Å². The van der Waals surface area contributed by atoms with Crippen LogP contribution in [0.1, 0.15) is 110 Å². The average Bonchev–Trinajstić information content (AvgIpc) is 3.91. The molecule has 6 nitrogen and oxygen atoms in total. The minimum atomic E-state index is -3.81. The van der Waals surface area contributed by atoms with Crippen molar-refractivity contribution in [3.63, 3.8) is 0 Å². The summed E-state index contributed by atoms with van der Waals surface area (Å²) in [6, 6.07) is 38.9. The maximum atomic E-state index is 14.0. The lowest BCUT2D eigenvalue weighted by atomic mass is 10.0. The van der Waals surface area contributed by atoms with Crippen LogP contribution < -0.4 is 5.32 Å². The summed E-state index contributed by atoms with van der Waals surface area (Å²) in [7, 11) is -3.81. The first kappa shape index (κ1) is 32.5. The van der Waals surface area contributed by atoms with Gasteiger partial charge in [-0.3, -0.25) is 9.59 Å². The second-order valence-corrected chi connectivity index (χ2v) is 15.7. The van der Waals surface area contributed by atoms with E-state index in [1.807, 2.05) is 73.7 Å². The van der Waals surface area contributed by atoms with E-state index in [0.717, 1.165) is 47.9 Å². The van der Waals surface area contributed by atoms with Crippen molar-refractivity contribution in [1.82, 2.24) is 9.62 Å². The van der Waals surface area contributed by atoms with Gasteiger partial charge in [0.2, 0.25) is 10.0 Å². The predicted molar refractivity (Wildman–Crippen MR) is 195 cm³/mol. The van der Waals surface area contributed by atoms with Crippen molar-refractivity contribution in [1.29, 1.82) is 0 Å². The molecule has 0 bridgehead atoms. The quantitative estimate of drug-likeness (QED) is 0.194. The van der Waals surface area contributed by atoms with Crippen LogP contribution in [-0.2, 0) is 22.9 Å². The van der Waals surface area contributed by atoms with Gasteiger partial charge in [-0.2, -0.15) is 4.31 Å². The van der Waals surface area contributed by atoms with E-state index >= 15 is 0 Å². The standard InChI is InChI=1S/C25H23NO3S.C18H17NO/c1-17-10-13-19(14-11-17)30(28,29)26(23-15-12-18-6-2-3-7-20(18)23)24-16-25(27)22-9-5-4-8-21(22)24;20-18-11-17(14-7-3-4-8-15(14)18)19-16-10-9-12-5-1-2-6-13(12)16/h2-11,13-14,23-24H,12,15-16H2,1H3;1-8,16-17,19H,9-11H2. The molecule has 0 radical (unpaired) electrons. The summed E-state index contributed by atoms with van der Waals surface area (Å²) in [5.74, 6) is 0.273. The Labute approximate surface area is 294 Å². The number of ketones is 2. The van der Waals surface area contributed by atoms with Gasteiger partial charge >= 0.3 is 0 Å². The van der Waals surface area contributed by atoms with E-state index in [2.05, 4.69) is 41.7 Å². The number of carbonyl (C=O) groups is 2. The van der Waals surface area contributed by atoms with Crippen LogP contribution in [0.3, 0.4) is 0 Å².